The van der Waals surface area contributed by atoms with Gasteiger partial charge >= 0.3 is 0 Å². The first-order valence-corrected chi connectivity index (χ1v) is 4.58. The van der Waals surface area contributed by atoms with Crippen molar-refractivity contribution < 1.29 is 14.4 Å². The minimum absolute atomic E-state index is 0.120. The van der Waals surface area contributed by atoms with E-state index in [1.54, 1.807) is 0 Å². The minimum Gasteiger partial charge on any atom is -0.508 e. The topological polar surface area (TPSA) is 88.3 Å². The number of nitrogens with zero attached hydrogens (tertiary/aromatic N) is 2. The first-order valence-electron chi connectivity index (χ1n) is 4.58. The molecule has 1 aromatic carbocycles. The number of aromatic nitrogens is 2. The lowest BCUT2D eigenvalue weighted by atomic mass is 10.2. The van der Waals surface area contributed by atoms with Crippen molar-refractivity contribution >= 4 is 5.91 Å². The molecule has 0 bridgehead atoms. The van der Waals surface area contributed by atoms with E-state index in [1.807, 2.05) is 0 Å². The SMILES string of the molecule is O=C(NCc1ncon1)c1ccc(O)cc1. The summed E-state index contributed by atoms with van der Waals surface area (Å²) in [4.78, 5) is 15.3. The molecule has 0 radical (unpaired) electrons. The van der Waals surface area contributed by atoms with Crippen molar-refractivity contribution in [3.63, 3.8) is 0 Å². The summed E-state index contributed by atoms with van der Waals surface area (Å²) >= 11 is 0. The quantitative estimate of drug-likeness (QED) is 0.793. The van der Waals surface area contributed by atoms with Crippen LogP contribution in [0.15, 0.2) is 35.2 Å². The molecule has 1 heterocycles. The van der Waals surface area contributed by atoms with E-state index in [9.17, 15) is 4.79 Å². The Morgan fingerprint density at radius 1 is 1.38 bits per heavy atom. The molecule has 6 heteroatoms. The molecule has 82 valence electrons. The van der Waals surface area contributed by atoms with Crippen molar-refractivity contribution in [2.45, 2.75) is 6.54 Å². The van der Waals surface area contributed by atoms with Crippen LogP contribution in [0.25, 0.3) is 0 Å². The molecule has 1 amide bonds. The highest BCUT2D eigenvalue weighted by atomic mass is 16.5. The lowest BCUT2D eigenvalue weighted by molar-refractivity contribution is 0.0949. The van der Waals surface area contributed by atoms with Crippen LogP contribution in [0.5, 0.6) is 5.75 Å². The van der Waals surface area contributed by atoms with Crippen LogP contribution in [0.4, 0.5) is 0 Å². The molecule has 0 saturated heterocycles. The van der Waals surface area contributed by atoms with Gasteiger partial charge in [-0.15, -0.1) is 0 Å². The summed E-state index contributed by atoms with van der Waals surface area (Å²) < 4.78 is 4.52. The molecule has 0 aliphatic rings. The zero-order chi connectivity index (χ0) is 11.4. The van der Waals surface area contributed by atoms with Crippen LogP contribution in [-0.2, 0) is 6.54 Å². The molecule has 2 rings (SSSR count). The molecule has 0 atom stereocenters. The number of phenols is 1. The predicted octanol–water partition coefficient (Wildman–Crippen LogP) is 0.705. The monoisotopic (exact) mass is 219 g/mol. The maximum atomic E-state index is 11.6. The Hall–Kier alpha value is -2.37. The summed E-state index contributed by atoms with van der Waals surface area (Å²) in [5.74, 6) is 0.270. The van der Waals surface area contributed by atoms with E-state index in [1.165, 1.54) is 30.7 Å². The summed E-state index contributed by atoms with van der Waals surface area (Å²) in [7, 11) is 0. The van der Waals surface area contributed by atoms with Crippen LogP contribution in [0.2, 0.25) is 0 Å². The van der Waals surface area contributed by atoms with Crippen LogP contribution in [-0.4, -0.2) is 21.2 Å². The van der Waals surface area contributed by atoms with Crippen LogP contribution < -0.4 is 5.32 Å². The Morgan fingerprint density at radius 2 is 2.12 bits per heavy atom. The molecule has 6 nitrogen and oxygen atoms in total. The summed E-state index contributed by atoms with van der Waals surface area (Å²) in [6.07, 6.45) is 1.20. The molecule has 2 N–H and O–H groups in total. The number of carbonyl (C=O) groups excluding carboxylic acids is 1. The largest absolute Gasteiger partial charge is 0.508 e. The van der Waals surface area contributed by atoms with E-state index < -0.39 is 0 Å². The van der Waals surface area contributed by atoms with Crippen LogP contribution in [0, 0.1) is 0 Å². The Labute approximate surface area is 90.9 Å². The number of phenolic OH excluding ortho intramolecular Hbond substituents is 1. The third-order valence-electron chi connectivity index (χ3n) is 1.94. The molecular weight excluding hydrogens is 210 g/mol. The van der Waals surface area contributed by atoms with Gasteiger partial charge in [0.05, 0.1) is 6.54 Å². The fourth-order valence-corrected chi connectivity index (χ4v) is 1.14. The second-order valence-corrected chi connectivity index (χ2v) is 3.08. The third-order valence-corrected chi connectivity index (χ3v) is 1.94. The number of aromatic hydroxyl groups is 1. The predicted molar refractivity (Wildman–Crippen MR) is 53.6 cm³/mol. The lowest BCUT2D eigenvalue weighted by Gasteiger charge is -2.02. The van der Waals surface area contributed by atoms with Gasteiger partial charge in [0.2, 0.25) is 6.39 Å². The highest BCUT2D eigenvalue weighted by Crippen LogP contribution is 2.09. The zero-order valence-electron chi connectivity index (χ0n) is 8.25. The van der Waals surface area contributed by atoms with Crippen molar-refractivity contribution in [3.05, 3.63) is 42.0 Å². The molecule has 2 aromatic rings. The van der Waals surface area contributed by atoms with Crippen molar-refractivity contribution in [2.24, 2.45) is 0 Å². The van der Waals surface area contributed by atoms with Gasteiger partial charge in [-0.05, 0) is 24.3 Å². The summed E-state index contributed by atoms with van der Waals surface area (Å²) in [5, 5.41) is 15.2. The fraction of sp³-hybridized carbons (Fsp3) is 0.100. The summed E-state index contributed by atoms with van der Waals surface area (Å²) in [6, 6.07) is 5.95. The van der Waals surface area contributed by atoms with Crippen molar-refractivity contribution in [1.29, 1.82) is 0 Å². The molecule has 0 saturated carbocycles. The molecule has 0 aliphatic heterocycles. The molecule has 0 unspecified atom stereocenters. The van der Waals surface area contributed by atoms with E-state index in [2.05, 4.69) is 20.0 Å². The third kappa shape index (κ3) is 2.35. The number of hydrogen-bond acceptors (Lipinski definition) is 5. The molecule has 1 aromatic heterocycles. The standard InChI is InChI=1S/C10H9N3O3/c14-8-3-1-7(2-4-8)10(15)11-5-9-12-6-16-13-9/h1-4,6,14H,5H2,(H,11,15). The van der Waals surface area contributed by atoms with Crippen molar-refractivity contribution in [2.75, 3.05) is 0 Å². The molecule has 16 heavy (non-hydrogen) atoms. The van der Waals surface area contributed by atoms with Gasteiger partial charge in [-0.25, -0.2) is 0 Å². The van der Waals surface area contributed by atoms with Crippen LogP contribution in [0.3, 0.4) is 0 Å². The first-order chi connectivity index (χ1) is 7.75. The lowest BCUT2D eigenvalue weighted by Crippen LogP contribution is -2.23. The van der Waals surface area contributed by atoms with Gasteiger partial charge in [0, 0.05) is 5.56 Å². The molecule has 0 spiro atoms. The Balaban J connectivity index is 1.95. The summed E-state index contributed by atoms with van der Waals surface area (Å²) in [5.41, 5.74) is 0.460. The van der Waals surface area contributed by atoms with Crippen molar-refractivity contribution in [1.82, 2.24) is 15.5 Å². The van der Waals surface area contributed by atoms with Gasteiger partial charge in [-0.3, -0.25) is 4.79 Å². The number of benzene rings is 1. The Bertz CT molecular complexity index is 465. The van der Waals surface area contributed by atoms with Crippen LogP contribution in [0.1, 0.15) is 16.2 Å². The second-order valence-electron chi connectivity index (χ2n) is 3.08. The fourth-order valence-electron chi connectivity index (χ4n) is 1.14. The van der Waals surface area contributed by atoms with E-state index in [0.29, 0.717) is 11.4 Å². The van der Waals surface area contributed by atoms with Gasteiger partial charge in [0.25, 0.3) is 5.91 Å². The van der Waals surface area contributed by atoms with E-state index in [4.69, 9.17) is 5.11 Å². The maximum absolute atomic E-state index is 11.6. The number of carbonyl (C=O) groups is 1. The van der Waals surface area contributed by atoms with Crippen molar-refractivity contribution in [3.8, 4) is 5.75 Å². The van der Waals surface area contributed by atoms with Gasteiger partial charge in [-0.1, -0.05) is 5.16 Å². The Morgan fingerprint density at radius 3 is 2.75 bits per heavy atom. The maximum Gasteiger partial charge on any atom is 0.251 e. The van der Waals surface area contributed by atoms with Gasteiger partial charge in [-0.2, -0.15) is 4.98 Å². The molecular formula is C10H9N3O3. The van der Waals surface area contributed by atoms with Crippen LogP contribution >= 0.6 is 0 Å². The van der Waals surface area contributed by atoms with Gasteiger partial charge < -0.3 is 14.9 Å². The first kappa shape index (κ1) is 10.2. The number of nitrogens with one attached hydrogen (secondary N) is 1. The van der Waals surface area contributed by atoms with E-state index in [-0.39, 0.29) is 18.2 Å². The highest BCUT2D eigenvalue weighted by Gasteiger charge is 2.06. The minimum atomic E-state index is -0.259. The Kier molecular flexibility index (Phi) is 2.81. The number of hydrogen-bond donors (Lipinski definition) is 2. The average molecular weight is 219 g/mol. The highest BCUT2D eigenvalue weighted by molar-refractivity contribution is 5.94. The van der Waals surface area contributed by atoms with Gasteiger partial charge in [0.15, 0.2) is 5.82 Å². The molecule has 0 aliphatic carbocycles. The zero-order valence-corrected chi connectivity index (χ0v) is 8.25. The smallest absolute Gasteiger partial charge is 0.251 e. The molecule has 0 fully saturated rings. The number of amides is 1. The van der Waals surface area contributed by atoms with E-state index >= 15 is 0 Å². The van der Waals surface area contributed by atoms with Gasteiger partial charge in [0.1, 0.15) is 5.75 Å². The van der Waals surface area contributed by atoms with E-state index in [0.717, 1.165) is 0 Å². The number of rotatable bonds is 3. The summed E-state index contributed by atoms with van der Waals surface area (Å²) in [6.45, 7) is 0.205. The second kappa shape index (κ2) is 4.43. The average Bonchev–Trinajstić information content (AvgIpc) is 2.80. The normalized spacial score (nSPS) is 10.0.